The van der Waals surface area contributed by atoms with Crippen molar-refractivity contribution in [1.82, 2.24) is 30.2 Å². The molecule has 3 rings (SSSR count). The van der Waals surface area contributed by atoms with E-state index in [1.165, 1.54) is 13.8 Å². The Morgan fingerprint density at radius 1 is 1.04 bits per heavy atom. The van der Waals surface area contributed by atoms with Gasteiger partial charge in [-0.2, -0.15) is 4.31 Å². The van der Waals surface area contributed by atoms with Gasteiger partial charge in [-0.25, -0.2) is 28.6 Å². The van der Waals surface area contributed by atoms with E-state index >= 15 is 0 Å². The summed E-state index contributed by atoms with van der Waals surface area (Å²) in [4.78, 5) is 98.9. The number of nitrogens with one attached hydrogen (secondary N) is 2. The highest BCUT2D eigenvalue weighted by Gasteiger charge is 2.50. The molecule has 2 amide bonds. The number of nitrogen functional groups attached to an aromatic ring is 1. The number of imidazole rings is 1. The predicted octanol–water partition coefficient (Wildman–Crippen LogP) is -0.576. The third kappa shape index (κ3) is 14.3. The van der Waals surface area contributed by atoms with Crippen molar-refractivity contribution in [2.75, 3.05) is 37.8 Å². The second-order valence-corrected chi connectivity index (χ2v) is 18.0. The topological polar surface area (TPSA) is 381 Å². The van der Waals surface area contributed by atoms with Crippen LogP contribution in [0.4, 0.5) is 5.82 Å². The Labute approximate surface area is 322 Å². The van der Waals surface area contributed by atoms with Gasteiger partial charge in [-0.3, -0.25) is 37.3 Å². The number of carbonyl (C=O) groups is 4. The summed E-state index contributed by atoms with van der Waals surface area (Å²) >= 11 is 0.779. The van der Waals surface area contributed by atoms with Crippen LogP contribution in [0.25, 0.3) is 11.2 Å². The molecule has 0 radical (unpaired) electrons. The summed E-state index contributed by atoms with van der Waals surface area (Å²) in [6.45, 7) is 2.14. The lowest BCUT2D eigenvalue weighted by Crippen LogP contribution is -2.46. The van der Waals surface area contributed by atoms with Gasteiger partial charge in [0.05, 0.1) is 19.5 Å². The molecule has 0 aliphatic carbocycles. The van der Waals surface area contributed by atoms with E-state index in [-0.39, 0.29) is 48.7 Å². The number of thioether (sulfide) groups is 1. The molecule has 3 heterocycles. The average Bonchev–Trinajstić information content (AvgIpc) is 3.66. The van der Waals surface area contributed by atoms with Gasteiger partial charge in [-0.05, 0) is 6.42 Å². The van der Waals surface area contributed by atoms with E-state index in [0.717, 1.165) is 35.4 Å². The number of phosphoric acid groups is 3. The summed E-state index contributed by atoms with van der Waals surface area (Å²) in [5.41, 5.74) is 4.22. The maximum absolute atomic E-state index is 12.7. The zero-order valence-corrected chi connectivity index (χ0v) is 33.6. The first kappa shape index (κ1) is 47.6. The minimum absolute atomic E-state index is 0.0239. The third-order valence-electron chi connectivity index (χ3n) is 7.72. The van der Waals surface area contributed by atoms with E-state index in [2.05, 4.69) is 34.4 Å². The molecule has 56 heavy (non-hydrogen) atoms. The summed E-state index contributed by atoms with van der Waals surface area (Å²) in [7, 11) is -16.4. The van der Waals surface area contributed by atoms with Gasteiger partial charge in [0.2, 0.25) is 17.6 Å². The number of hydrogen-bond acceptors (Lipinski definition) is 19. The summed E-state index contributed by atoms with van der Waals surface area (Å²) < 4.78 is 62.0. The number of aliphatic hydroxyl groups is 2. The number of anilines is 1. The summed E-state index contributed by atoms with van der Waals surface area (Å²) in [5.74, 6) is -1.89. The van der Waals surface area contributed by atoms with Crippen LogP contribution >= 0.6 is 35.2 Å². The van der Waals surface area contributed by atoms with Gasteiger partial charge in [0.25, 0.3) is 5.12 Å². The Hall–Kier alpha value is -2.77. The van der Waals surface area contributed by atoms with Gasteiger partial charge in [0.15, 0.2) is 17.7 Å². The van der Waals surface area contributed by atoms with E-state index in [1.54, 1.807) is 0 Å². The number of ketones is 1. The molecule has 10 N–H and O–H groups in total. The van der Waals surface area contributed by atoms with Crippen LogP contribution in [-0.2, 0) is 55.5 Å². The minimum Gasteiger partial charge on any atom is -0.386 e. The fourth-order valence-electron chi connectivity index (χ4n) is 4.79. The van der Waals surface area contributed by atoms with E-state index in [0.29, 0.717) is 6.42 Å². The average molecular weight is 880 g/mol. The molecule has 1 fully saturated rings. The van der Waals surface area contributed by atoms with Crippen LogP contribution in [0.2, 0.25) is 0 Å². The zero-order valence-electron chi connectivity index (χ0n) is 30.1. The Morgan fingerprint density at radius 3 is 2.38 bits per heavy atom. The third-order valence-corrected chi connectivity index (χ3v) is 11.7. The van der Waals surface area contributed by atoms with Crippen molar-refractivity contribution in [3.8, 4) is 0 Å². The molecule has 1 saturated heterocycles. The number of aromatic nitrogens is 4. The number of phosphoric ester groups is 3. The molecule has 25 nitrogen and oxygen atoms in total. The number of carbonyl (C=O) groups excluding carboxylic acids is 4. The van der Waals surface area contributed by atoms with Crippen LogP contribution in [0.5, 0.6) is 0 Å². The number of rotatable bonds is 23. The Bertz CT molecular complexity index is 1860. The molecule has 1 aliphatic heterocycles. The standard InChI is InChI=1S/C27H44N7O18P3S/c1-4-5-6-15(35)26(40)56-10-9-29-17(36)7-8-30-24(39)21(38)27(2,3)12-49-55(46,47)52-54(44,45)48-11-16-20(51-53(41,42)43)19(37)25(50-16)34-14-33-18-22(28)31-13-32-23(18)34/h13-14,16,19-21,25,37-38H,4-12H2,1-3H3,(H,29,36)(H,30,39)(H,44,45)(H,46,47)(H2,28,31,32)(H2,41,42,43)/t16-,19-,20-,21?,25-/m1/s1. The van der Waals surface area contributed by atoms with Crippen molar-refractivity contribution in [3.05, 3.63) is 12.7 Å². The molecular formula is C27H44N7O18P3S. The Morgan fingerprint density at radius 2 is 1.71 bits per heavy atom. The lowest BCUT2D eigenvalue weighted by atomic mass is 9.87. The van der Waals surface area contributed by atoms with Crippen LogP contribution in [0, 0.1) is 5.41 Å². The molecule has 0 bridgehead atoms. The van der Waals surface area contributed by atoms with Crippen molar-refractivity contribution in [3.63, 3.8) is 0 Å². The second kappa shape index (κ2) is 20.3. The van der Waals surface area contributed by atoms with Gasteiger partial charge >= 0.3 is 23.5 Å². The summed E-state index contributed by atoms with van der Waals surface area (Å²) in [5, 5.41) is 25.6. The number of nitrogens with two attached hydrogens (primary N) is 1. The van der Waals surface area contributed by atoms with Crippen LogP contribution in [0.1, 0.15) is 52.7 Å². The normalized spacial score (nSPS) is 21.6. The van der Waals surface area contributed by atoms with Crippen LogP contribution < -0.4 is 16.4 Å². The lowest BCUT2D eigenvalue weighted by Gasteiger charge is -2.30. The molecule has 2 aromatic heterocycles. The van der Waals surface area contributed by atoms with Gasteiger partial charge in [0, 0.05) is 37.1 Å². The molecule has 0 saturated carbocycles. The fraction of sp³-hybridized carbons (Fsp3) is 0.667. The number of hydrogen-bond donors (Lipinski definition) is 9. The predicted molar refractivity (Wildman–Crippen MR) is 192 cm³/mol. The number of unbranched alkanes of at least 4 members (excludes halogenated alkanes) is 1. The van der Waals surface area contributed by atoms with Crippen LogP contribution in [0.15, 0.2) is 12.7 Å². The first-order chi connectivity index (χ1) is 26.0. The quantitative estimate of drug-likeness (QED) is 0.0383. The van der Waals surface area contributed by atoms with Crippen molar-refractivity contribution >= 4 is 74.9 Å². The first-order valence-electron chi connectivity index (χ1n) is 16.6. The van der Waals surface area contributed by atoms with Crippen molar-refractivity contribution in [2.45, 2.75) is 77.1 Å². The monoisotopic (exact) mass is 879 g/mol. The first-order valence-corrected chi connectivity index (χ1v) is 22.1. The molecule has 0 spiro atoms. The van der Waals surface area contributed by atoms with E-state index in [1.807, 2.05) is 6.92 Å². The largest absolute Gasteiger partial charge is 0.481 e. The molecule has 316 valence electrons. The van der Waals surface area contributed by atoms with Crippen molar-refractivity contribution in [2.24, 2.45) is 5.41 Å². The van der Waals surface area contributed by atoms with E-state index in [9.17, 15) is 62.7 Å². The van der Waals surface area contributed by atoms with E-state index in [4.69, 9.17) is 19.5 Å². The Balaban J connectivity index is 1.48. The molecule has 1 aliphatic rings. The van der Waals surface area contributed by atoms with Crippen molar-refractivity contribution < 1.29 is 85.3 Å². The number of fused-ring (bicyclic) bond motifs is 1. The lowest BCUT2D eigenvalue weighted by molar-refractivity contribution is -0.137. The van der Waals surface area contributed by atoms with Gasteiger partial charge in [-0.1, -0.05) is 39.0 Å². The highest BCUT2D eigenvalue weighted by atomic mass is 32.2. The van der Waals surface area contributed by atoms with Gasteiger partial charge < -0.3 is 50.9 Å². The zero-order chi connectivity index (χ0) is 42.1. The summed E-state index contributed by atoms with van der Waals surface area (Å²) in [6.07, 6.45) is -5.51. The fourth-order valence-corrected chi connectivity index (χ4v) is 8.28. The molecule has 0 aromatic carbocycles. The molecular weight excluding hydrogens is 835 g/mol. The van der Waals surface area contributed by atoms with E-state index < -0.39 is 95.5 Å². The maximum atomic E-state index is 12.7. The number of nitrogens with zero attached hydrogens (tertiary/aromatic N) is 4. The highest BCUT2D eigenvalue weighted by Crippen LogP contribution is 2.61. The van der Waals surface area contributed by atoms with Gasteiger partial charge in [-0.15, -0.1) is 0 Å². The summed E-state index contributed by atoms with van der Waals surface area (Å²) in [6, 6.07) is 0. The van der Waals surface area contributed by atoms with Crippen LogP contribution in [-0.4, -0.2) is 128 Å². The number of Topliss-reactive ketones (excluding diaryl/α,β-unsaturated/α-hetero) is 1. The smallest absolute Gasteiger partial charge is 0.386 e. The highest BCUT2D eigenvalue weighted by molar-refractivity contribution is 8.15. The van der Waals surface area contributed by atoms with Gasteiger partial charge in [0.1, 0.15) is 36.3 Å². The second-order valence-electron chi connectivity index (χ2n) is 12.7. The number of ether oxygens (including phenoxy) is 1. The SMILES string of the molecule is CCCCC(=O)C(=O)SCCNC(=O)CCNC(=O)C(O)C(C)(C)COP(=O)(O)OP(=O)(O)OC[C@H]1O[C@@H](n2cnc3c(N)ncnc32)[C@H](O)[C@@H]1OP(=O)(O)O. The maximum Gasteiger partial charge on any atom is 0.481 e. The molecule has 29 heteroatoms. The molecule has 2 aromatic rings. The molecule has 7 atom stereocenters. The number of amides is 2. The number of aliphatic hydroxyl groups excluding tert-OH is 2. The Kier molecular flexibility index (Phi) is 17.2. The van der Waals surface area contributed by atoms with Crippen LogP contribution in [0.3, 0.4) is 0 Å². The minimum atomic E-state index is -5.58. The molecule has 3 unspecified atom stereocenters. The van der Waals surface area contributed by atoms with Crippen molar-refractivity contribution in [1.29, 1.82) is 0 Å².